The molecule has 2 bridgehead atoms. The molecule has 5 rings (SSSR count). The lowest BCUT2D eigenvalue weighted by atomic mass is 9.52. The Hall–Kier alpha value is -3.01. The fourth-order valence-corrected chi connectivity index (χ4v) is 6.44. The van der Waals surface area contributed by atoms with E-state index >= 15 is 0 Å². The minimum Gasteiger partial charge on any atom is -0.508 e. The number of aromatic nitrogens is 1. The minimum absolute atomic E-state index is 0.322. The predicted octanol–water partition coefficient (Wildman–Crippen LogP) is 1.97. The van der Waals surface area contributed by atoms with Crippen molar-refractivity contribution in [3.63, 3.8) is 0 Å². The van der Waals surface area contributed by atoms with E-state index in [1.807, 2.05) is 18.5 Å². The second-order valence-electron chi connectivity index (χ2n) is 10.1. The van der Waals surface area contributed by atoms with Crippen molar-refractivity contribution in [3.8, 4) is 5.75 Å². The summed E-state index contributed by atoms with van der Waals surface area (Å²) in [4.78, 5) is 26.5. The normalized spacial score (nSPS) is 26.4. The third-order valence-electron chi connectivity index (χ3n) is 8.18. The highest BCUT2D eigenvalue weighted by molar-refractivity contribution is 5.83. The molecule has 2 heterocycles. The number of rotatable bonds is 6. The smallest absolute Gasteiger partial charge is 0.335 e. The first-order chi connectivity index (χ1) is 17.2. The molecule has 1 aromatic carbocycles. The number of benzene rings is 1. The second kappa shape index (κ2) is 10.9. The number of piperidine rings is 1. The van der Waals surface area contributed by atoms with Crippen LogP contribution in [0.15, 0.2) is 42.7 Å². The Kier molecular flexibility index (Phi) is 7.92. The van der Waals surface area contributed by atoms with Crippen molar-refractivity contribution in [2.45, 2.75) is 68.6 Å². The maximum atomic E-state index is 10.1. The summed E-state index contributed by atoms with van der Waals surface area (Å²) in [6, 6.07) is 11.1. The molecule has 194 valence electrons. The zero-order valence-electron chi connectivity index (χ0n) is 20.2. The van der Waals surface area contributed by atoms with Crippen LogP contribution in [0.3, 0.4) is 0 Å². The third kappa shape index (κ3) is 5.23. The molecule has 1 aliphatic heterocycles. The van der Waals surface area contributed by atoms with Gasteiger partial charge in [-0.05, 0) is 85.5 Å². The molecule has 2 aromatic rings. The lowest BCUT2D eigenvalue weighted by molar-refractivity contribution is -0.165. The Morgan fingerprint density at radius 2 is 1.72 bits per heavy atom. The molecule has 1 saturated carbocycles. The van der Waals surface area contributed by atoms with Gasteiger partial charge in [-0.25, -0.2) is 9.59 Å². The summed E-state index contributed by atoms with van der Waals surface area (Å²) >= 11 is 0. The number of carbonyl (C=O) groups is 2. The van der Waals surface area contributed by atoms with Crippen molar-refractivity contribution in [2.24, 2.45) is 5.92 Å². The summed E-state index contributed by atoms with van der Waals surface area (Å²) in [5, 5.41) is 42.6. The van der Waals surface area contributed by atoms with E-state index < -0.39 is 24.1 Å². The molecular weight excluding hydrogens is 464 g/mol. The lowest BCUT2D eigenvalue weighted by Crippen LogP contribution is -2.61. The van der Waals surface area contributed by atoms with Crippen molar-refractivity contribution < 1.29 is 35.1 Å². The van der Waals surface area contributed by atoms with Gasteiger partial charge in [-0.2, -0.15) is 0 Å². The predicted molar refractivity (Wildman–Crippen MR) is 131 cm³/mol. The van der Waals surface area contributed by atoms with Gasteiger partial charge in [-0.1, -0.05) is 18.9 Å². The Labute approximate surface area is 210 Å². The van der Waals surface area contributed by atoms with Gasteiger partial charge in [0.05, 0.1) is 0 Å². The molecule has 1 aromatic heterocycles. The van der Waals surface area contributed by atoms with Crippen LogP contribution in [0.5, 0.6) is 5.75 Å². The highest BCUT2D eigenvalue weighted by Crippen LogP contribution is 2.56. The number of carboxylic acids is 2. The monoisotopic (exact) mass is 498 g/mol. The van der Waals surface area contributed by atoms with Gasteiger partial charge in [0, 0.05) is 30.4 Å². The number of nitrogens with zero attached hydrogens (tertiary/aromatic N) is 2. The first-order valence-electron chi connectivity index (χ1n) is 12.5. The van der Waals surface area contributed by atoms with E-state index in [-0.39, 0.29) is 0 Å². The first-order valence-corrected chi connectivity index (χ1v) is 12.5. The summed E-state index contributed by atoms with van der Waals surface area (Å²) in [5.74, 6) is -2.33. The van der Waals surface area contributed by atoms with Crippen LogP contribution in [-0.2, 0) is 27.8 Å². The van der Waals surface area contributed by atoms with Gasteiger partial charge in [-0.3, -0.25) is 9.88 Å². The van der Waals surface area contributed by atoms with E-state index in [0.717, 1.165) is 25.3 Å². The molecule has 0 unspecified atom stereocenters. The van der Waals surface area contributed by atoms with Crippen LogP contribution in [0.1, 0.15) is 48.8 Å². The molecule has 36 heavy (non-hydrogen) atoms. The number of aliphatic carboxylic acids is 2. The Morgan fingerprint density at radius 1 is 1.03 bits per heavy atom. The number of hydrogen-bond donors (Lipinski definition) is 5. The topological polar surface area (TPSA) is 151 Å². The van der Waals surface area contributed by atoms with Crippen LogP contribution >= 0.6 is 0 Å². The molecule has 5 atom stereocenters. The number of carboxylic acid groups (broad SMARTS) is 2. The van der Waals surface area contributed by atoms with Crippen molar-refractivity contribution in [1.82, 2.24) is 9.88 Å². The van der Waals surface area contributed by atoms with E-state index in [0.29, 0.717) is 17.2 Å². The standard InChI is InChI=1S/C23H28N2O.C4H6O6/c26-19-5-4-18-15-22-20-3-1-2-9-23(20,21(18)16-19)10-14-25(22)13-8-17-6-11-24-12-7-17;5-1(3(7)8)2(6)4(9)10/h4-7,11-12,16,20,22,26H,1-3,8-10,13-15H2;1-2,5-6H,(H,7,8)(H,9,10)/t20-,22-,23+;1-,2-/m01/s1. The third-order valence-corrected chi connectivity index (χ3v) is 8.18. The average molecular weight is 499 g/mol. The largest absolute Gasteiger partial charge is 0.508 e. The van der Waals surface area contributed by atoms with Gasteiger partial charge >= 0.3 is 11.9 Å². The maximum Gasteiger partial charge on any atom is 0.335 e. The van der Waals surface area contributed by atoms with E-state index in [9.17, 15) is 14.7 Å². The highest BCUT2D eigenvalue weighted by Gasteiger charge is 2.53. The van der Waals surface area contributed by atoms with E-state index in [1.54, 1.807) is 0 Å². The number of likely N-dealkylation sites (tertiary alicyclic amines) is 1. The number of aromatic hydroxyl groups is 1. The Balaban J connectivity index is 0.000000261. The molecule has 0 spiro atoms. The van der Waals surface area contributed by atoms with Crippen molar-refractivity contribution in [3.05, 3.63) is 59.4 Å². The zero-order valence-corrected chi connectivity index (χ0v) is 20.2. The summed E-state index contributed by atoms with van der Waals surface area (Å²) in [6.07, 6.45) is 8.16. The molecule has 2 aliphatic carbocycles. The second-order valence-corrected chi connectivity index (χ2v) is 10.1. The average Bonchev–Trinajstić information content (AvgIpc) is 2.88. The van der Waals surface area contributed by atoms with Gasteiger partial charge in [0.1, 0.15) is 5.75 Å². The SMILES string of the molecule is O=C(O)[C@H](O)[C@@H](O)C(=O)O.Oc1ccc2c(c1)[C@@]13CCCC[C@H]1[C@H](C2)N(CCc1ccncc1)CC3. The van der Waals surface area contributed by atoms with Crippen molar-refractivity contribution in [1.29, 1.82) is 0 Å². The van der Waals surface area contributed by atoms with Crippen LogP contribution in [0.2, 0.25) is 0 Å². The molecule has 3 aliphatic rings. The molecule has 9 nitrogen and oxygen atoms in total. The van der Waals surface area contributed by atoms with Gasteiger partial charge in [0.15, 0.2) is 12.2 Å². The van der Waals surface area contributed by atoms with Crippen molar-refractivity contribution in [2.75, 3.05) is 13.1 Å². The van der Waals surface area contributed by atoms with E-state index in [2.05, 4.69) is 34.1 Å². The van der Waals surface area contributed by atoms with Gasteiger partial charge in [0.2, 0.25) is 0 Å². The number of fused-ring (bicyclic) bond motifs is 1. The number of pyridine rings is 1. The van der Waals surface area contributed by atoms with E-state index in [4.69, 9.17) is 20.4 Å². The quantitative estimate of drug-likeness (QED) is 0.402. The van der Waals surface area contributed by atoms with E-state index in [1.165, 1.54) is 55.3 Å². The fourth-order valence-electron chi connectivity index (χ4n) is 6.44. The van der Waals surface area contributed by atoms with Crippen LogP contribution < -0.4 is 0 Å². The molecule has 0 radical (unpaired) electrons. The molecule has 9 heteroatoms. The number of phenols is 1. The maximum absolute atomic E-state index is 10.1. The molecule has 2 fully saturated rings. The summed E-state index contributed by atoms with van der Waals surface area (Å²) in [6.45, 7) is 2.34. The Bertz CT molecular complexity index is 1060. The molecule has 5 N–H and O–H groups in total. The zero-order chi connectivity index (χ0) is 25.9. The van der Waals surface area contributed by atoms with Crippen molar-refractivity contribution >= 4 is 11.9 Å². The van der Waals surface area contributed by atoms with Crippen LogP contribution in [0.4, 0.5) is 0 Å². The summed E-state index contributed by atoms with van der Waals surface area (Å²) in [7, 11) is 0. The Morgan fingerprint density at radius 3 is 2.39 bits per heavy atom. The van der Waals surface area contributed by atoms with Crippen LogP contribution in [-0.4, -0.2) is 78.7 Å². The first kappa shape index (κ1) is 26.1. The van der Waals surface area contributed by atoms with Gasteiger partial charge < -0.3 is 25.5 Å². The van der Waals surface area contributed by atoms with Gasteiger partial charge in [0.25, 0.3) is 0 Å². The van der Waals surface area contributed by atoms with Crippen LogP contribution in [0, 0.1) is 5.92 Å². The molecule has 0 amide bonds. The lowest BCUT2D eigenvalue weighted by Gasteiger charge is -2.59. The highest BCUT2D eigenvalue weighted by atomic mass is 16.4. The number of aliphatic hydroxyl groups is 2. The van der Waals surface area contributed by atoms with Crippen LogP contribution in [0.25, 0.3) is 0 Å². The summed E-state index contributed by atoms with van der Waals surface area (Å²) < 4.78 is 0. The summed E-state index contributed by atoms with van der Waals surface area (Å²) in [5.41, 5.74) is 4.68. The number of aliphatic hydroxyl groups excluding tert-OH is 2. The number of phenolic OH excluding ortho intramolecular Hbond substituents is 1. The fraction of sp³-hybridized carbons (Fsp3) is 0.519. The van der Waals surface area contributed by atoms with Gasteiger partial charge in [-0.15, -0.1) is 0 Å². The molecule has 1 saturated heterocycles. The molecular formula is C27H34N2O7. The minimum atomic E-state index is -2.27. The number of hydrogen-bond acceptors (Lipinski definition) is 7.